The second-order valence-electron chi connectivity index (χ2n) is 5.95. The number of methoxy groups -OCH3 is 1. The van der Waals surface area contributed by atoms with Crippen molar-refractivity contribution in [2.45, 2.75) is 38.5 Å². The molecule has 0 heterocycles. The summed E-state index contributed by atoms with van der Waals surface area (Å²) in [6.07, 6.45) is 4.42. The van der Waals surface area contributed by atoms with Gasteiger partial charge in [0.2, 0.25) is 5.91 Å². The van der Waals surface area contributed by atoms with Crippen molar-refractivity contribution in [3.8, 4) is 5.75 Å². The van der Waals surface area contributed by atoms with Crippen molar-refractivity contribution < 1.29 is 19.4 Å². The van der Waals surface area contributed by atoms with E-state index in [1.165, 1.54) is 0 Å². The molecule has 0 aliphatic heterocycles. The Hall–Kier alpha value is -2.04. The summed E-state index contributed by atoms with van der Waals surface area (Å²) in [5.74, 6) is -0.243. The summed E-state index contributed by atoms with van der Waals surface area (Å²) in [6, 6.07) is 7.33. The van der Waals surface area contributed by atoms with Crippen molar-refractivity contribution >= 4 is 11.9 Å². The highest BCUT2D eigenvalue weighted by molar-refractivity contribution is 5.80. The Labute approximate surface area is 130 Å². The number of aliphatic carboxylic acids is 1. The standard InChI is InChI=1S/C17H23NO4/c1-22-14-7-5-6-13(10-14)11-15(19)18-12-17(16(20)21)8-3-2-4-9-17/h5-7,10H,2-4,8-9,11-12H2,1H3,(H,18,19)(H,20,21). The van der Waals surface area contributed by atoms with Gasteiger partial charge >= 0.3 is 5.97 Å². The van der Waals surface area contributed by atoms with E-state index in [1.807, 2.05) is 24.3 Å². The second-order valence-corrected chi connectivity index (χ2v) is 5.95. The highest BCUT2D eigenvalue weighted by Crippen LogP contribution is 2.36. The van der Waals surface area contributed by atoms with Crippen molar-refractivity contribution in [3.63, 3.8) is 0 Å². The maximum Gasteiger partial charge on any atom is 0.311 e. The van der Waals surface area contributed by atoms with Crippen LogP contribution in [0.15, 0.2) is 24.3 Å². The van der Waals surface area contributed by atoms with Crippen LogP contribution in [0.5, 0.6) is 5.75 Å². The van der Waals surface area contributed by atoms with Crippen molar-refractivity contribution in [2.24, 2.45) is 5.41 Å². The second kappa shape index (κ2) is 7.29. The maximum atomic E-state index is 12.1. The van der Waals surface area contributed by atoms with Crippen LogP contribution >= 0.6 is 0 Å². The zero-order valence-corrected chi connectivity index (χ0v) is 12.9. The first-order valence-electron chi connectivity index (χ1n) is 7.69. The smallest absolute Gasteiger partial charge is 0.311 e. The number of carbonyl (C=O) groups excluding carboxylic acids is 1. The van der Waals surface area contributed by atoms with Gasteiger partial charge in [-0.3, -0.25) is 9.59 Å². The van der Waals surface area contributed by atoms with Gasteiger partial charge in [-0.2, -0.15) is 0 Å². The molecule has 0 aromatic heterocycles. The van der Waals surface area contributed by atoms with Crippen LogP contribution in [0.2, 0.25) is 0 Å². The lowest BCUT2D eigenvalue weighted by Gasteiger charge is -2.33. The first kappa shape index (κ1) is 16.3. The summed E-state index contributed by atoms with van der Waals surface area (Å²) >= 11 is 0. The number of carbonyl (C=O) groups is 2. The van der Waals surface area contributed by atoms with Gasteiger partial charge in [0.25, 0.3) is 0 Å². The van der Waals surface area contributed by atoms with E-state index in [0.29, 0.717) is 18.6 Å². The van der Waals surface area contributed by atoms with Gasteiger partial charge in [-0.05, 0) is 30.5 Å². The van der Waals surface area contributed by atoms with Crippen LogP contribution in [-0.4, -0.2) is 30.6 Å². The van der Waals surface area contributed by atoms with Gasteiger partial charge in [0.1, 0.15) is 5.75 Å². The number of ether oxygens (including phenoxy) is 1. The molecule has 0 radical (unpaired) electrons. The van der Waals surface area contributed by atoms with Gasteiger partial charge < -0.3 is 15.2 Å². The SMILES string of the molecule is COc1cccc(CC(=O)NCC2(C(=O)O)CCCCC2)c1. The molecule has 0 spiro atoms. The first-order valence-corrected chi connectivity index (χ1v) is 7.69. The summed E-state index contributed by atoms with van der Waals surface area (Å²) < 4.78 is 5.13. The summed E-state index contributed by atoms with van der Waals surface area (Å²) in [5, 5.41) is 12.3. The minimum absolute atomic E-state index is 0.153. The largest absolute Gasteiger partial charge is 0.497 e. The number of amides is 1. The monoisotopic (exact) mass is 305 g/mol. The van der Waals surface area contributed by atoms with Gasteiger partial charge in [0.05, 0.1) is 18.9 Å². The van der Waals surface area contributed by atoms with Gasteiger partial charge in [-0.1, -0.05) is 31.4 Å². The van der Waals surface area contributed by atoms with Crippen LogP contribution in [-0.2, 0) is 16.0 Å². The minimum Gasteiger partial charge on any atom is -0.497 e. The molecule has 1 amide bonds. The van der Waals surface area contributed by atoms with Crippen LogP contribution in [0.25, 0.3) is 0 Å². The molecule has 22 heavy (non-hydrogen) atoms. The molecule has 1 aliphatic rings. The van der Waals surface area contributed by atoms with Crippen molar-refractivity contribution in [1.82, 2.24) is 5.32 Å². The first-order chi connectivity index (χ1) is 10.6. The van der Waals surface area contributed by atoms with E-state index in [-0.39, 0.29) is 18.9 Å². The zero-order valence-electron chi connectivity index (χ0n) is 12.9. The normalized spacial score (nSPS) is 16.8. The molecule has 1 aliphatic carbocycles. The summed E-state index contributed by atoms with van der Waals surface area (Å²) in [5.41, 5.74) is 0.0623. The molecule has 1 saturated carbocycles. The Morgan fingerprint density at radius 2 is 2.00 bits per heavy atom. The van der Waals surface area contributed by atoms with E-state index >= 15 is 0 Å². The molecular weight excluding hydrogens is 282 g/mol. The Morgan fingerprint density at radius 3 is 2.64 bits per heavy atom. The molecule has 0 bridgehead atoms. The van der Waals surface area contributed by atoms with E-state index in [0.717, 1.165) is 24.8 Å². The van der Waals surface area contributed by atoms with Crippen LogP contribution in [0.1, 0.15) is 37.7 Å². The van der Waals surface area contributed by atoms with Crippen molar-refractivity contribution in [3.05, 3.63) is 29.8 Å². The topological polar surface area (TPSA) is 75.6 Å². The molecule has 5 nitrogen and oxygen atoms in total. The third kappa shape index (κ3) is 4.00. The number of carboxylic acid groups (broad SMARTS) is 1. The molecule has 0 atom stereocenters. The average molecular weight is 305 g/mol. The van der Waals surface area contributed by atoms with Gasteiger partial charge in [0, 0.05) is 6.54 Å². The highest BCUT2D eigenvalue weighted by atomic mass is 16.5. The molecule has 1 aromatic carbocycles. The number of hydrogen-bond donors (Lipinski definition) is 2. The maximum absolute atomic E-state index is 12.1. The van der Waals surface area contributed by atoms with E-state index in [2.05, 4.69) is 5.32 Å². The van der Waals surface area contributed by atoms with Gasteiger partial charge in [0.15, 0.2) is 0 Å². The number of nitrogens with one attached hydrogen (secondary N) is 1. The van der Waals surface area contributed by atoms with Crippen molar-refractivity contribution in [1.29, 1.82) is 0 Å². The third-order valence-electron chi connectivity index (χ3n) is 4.39. The molecule has 1 aromatic rings. The molecule has 0 unspecified atom stereocenters. The van der Waals surface area contributed by atoms with Gasteiger partial charge in [-0.25, -0.2) is 0 Å². The molecule has 120 valence electrons. The van der Waals surface area contributed by atoms with Crippen LogP contribution < -0.4 is 10.1 Å². The molecule has 2 N–H and O–H groups in total. The Bertz CT molecular complexity index is 535. The van der Waals surface area contributed by atoms with Crippen LogP contribution in [0, 0.1) is 5.41 Å². The lowest BCUT2D eigenvalue weighted by molar-refractivity contribution is -0.151. The molecule has 5 heteroatoms. The summed E-state index contributed by atoms with van der Waals surface area (Å²) in [7, 11) is 1.58. The van der Waals surface area contributed by atoms with E-state index < -0.39 is 11.4 Å². The summed E-state index contributed by atoms with van der Waals surface area (Å²) in [6.45, 7) is 0.213. The number of hydrogen-bond acceptors (Lipinski definition) is 3. The van der Waals surface area contributed by atoms with E-state index in [1.54, 1.807) is 7.11 Å². The Balaban J connectivity index is 1.92. The van der Waals surface area contributed by atoms with E-state index in [4.69, 9.17) is 4.74 Å². The lowest BCUT2D eigenvalue weighted by Crippen LogP contribution is -2.44. The molecule has 2 rings (SSSR count). The fraction of sp³-hybridized carbons (Fsp3) is 0.529. The fourth-order valence-electron chi connectivity index (χ4n) is 2.99. The number of carboxylic acids is 1. The molecule has 0 saturated heterocycles. The summed E-state index contributed by atoms with van der Waals surface area (Å²) in [4.78, 5) is 23.6. The number of benzene rings is 1. The minimum atomic E-state index is -0.797. The molecule has 1 fully saturated rings. The quantitative estimate of drug-likeness (QED) is 0.846. The van der Waals surface area contributed by atoms with E-state index in [9.17, 15) is 14.7 Å². The highest BCUT2D eigenvalue weighted by Gasteiger charge is 2.39. The fourth-order valence-corrected chi connectivity index (χ4v) is 2.99. The average Bonchev–Trinajstić information content (AvgIpc) is 2.54. The zero-order chi connectivity index (χ0) is 16.0. The van der Waals surface area contributed by atoms with Gasteiger partial charge in [-0.15, -0.1) is 0 Å². The van der Waals surface area contributed by atoms with Crippen LogP contribution in [0.3, 0.4) is 0 Å². The Morgan fingerprint density at radius 1 is 1.27 bits per heavy atom. The lowest BCUT2D eigenvalue weighted by atomic mass is 9.74. The molecular formula is C17H23NO4. The number of rotatable bonds is 6. The Kier molecular flexibility index (Phi) is 5.41. The predicted octanol–water partition coefficient (Wildman–Crippen LogP) is 2.39. The van der Waals surface area contributed by atoms with Crippen molar-refractivity contribution in [2.75, 3.05) is 13.7 Å². The van der Waals surface area contributed by atoms with Crippen LogP contribution in [0.4, 0.5) is 0 Å². The predicted molar refractivity (Wildman–Crippen MR) is 82.9 cm³/mol. The third-order valence-corrected chi connectivity index (χ3v) is 4.39.